The minimum atomic E-state index is -4.70. The van der Waals surface area contributed by atoms with E-state index in [-0.39, 0.29) is 5.91 Å². The van der Waals surface area contributed by atoms with Gasteiger partial charge < -0.3 is 24.2 Å². The average Bonchev–Trinajstić information content (AvgIpc) is 2.99. The number of rotatable bonds is 5. The molecular formula is C17H21N2O7P. The second-order valence-electron chi connectivity index (χ2n) is 7.03. The molecule has 1 aromatic rings. The van der Waals surface area contributed by atoms with Crippen LogP contribution in [-0.2, 0) is 18.6 Å². The smallest absolute Gasteiger partial charge is 0.471 e. The van der Waals surface area contributed by atoms with Crippen LogP contribution in [0.5, 0.6) is 5.75 Å². The highest BCUT2D eigenvalue weighted by Crippen LogP contribution is 2.46. The van der Waals surface area contributed by atoms with Crippen LogP contribution in [0.2, 0.25) is 0 Å². The number of fused-ring (bicyclic) bond motifs is 1. The number of phosphoric acid groups is 1. The molecule has 27 heavy (non-hydrogen) atoms. The van der Waals surface area contributed by atoms with Crippen LogP contribution < -0.4 is 4.74 Å². The second-order valence-corrected chi connectivity index (χ2v) is 8.27. The summed E-state index contributed by atoms with van der Waals surface area (Å²) in [6.07, 6.45) is 0.361. The first-order valence-electron chi connectivity index (χ1n) is 8.46. The van der Waals surface area contributed by atoms with Gasteiger partial charge in [-0.05, 0) is 38.5 Å². The first kappa shape index (κ1) is 19.8. The van der Waals surface area contributed by atoms with E-state index in [0.717, 1.165) is 0 Å². The number of nitrogens with zero attached hydrogens (tertiary/aromatic N) is 2. The summed E-state index contributed by atoms with van der Waals surface area (Å²) < 4.78 is 27.1. The first-order valence-corrected chi connectivity index (χ1v) is 9.99. The van der Waals surface area contributed by atoms with Crippen molar-refractivity contribution < 1.29 is 33.1 Å². The summed E-state index contributed by atoms with van der Waals surface area (Å²) in [5, 5.41) is 9.23. The number of carbonyl (C=O) groups excluding carboxylic acids is 1. The van der Waals surface area contributed by atoms with Gasteiger partial charge in [-0.15, -0.1) is 0 Å². The lowest BCUT2D eigenvalue weighted by molar-refractivity contribution is -0.166. The Labute approximate surface area is 156 Å². The van der Waals surface area contributed by atoms with Crippen molar-refractivity contribution in [2.24, 2.45) is 0 Å². The Balaban J connectivity index is 2.01. The van der Waals surface area contributed by atoms with Crippen molar-refractivity contribution in [1.82, 2.24) is 4.90 Å². The lowest BCUT2D eigenvalue weighted by atomic mass is 9.85. The molecule has 0 aromatic heterocycles. The van der Waals surface area contributed by atoms with E-state index in [4.69, 9.17) is 19.3 Å². The Kier molecular flexibility index (Phi) is 5.30. The highest BCUT2D eigenvalue weighted by atomic mass is 31.2. The zero-order chi connectivity index (χ0) is 19.8. The first-order chi connectivity index (χ1) is 12.6. The number of likely N-dealkylation sites (tertiary alicyclic amines) is 1. The molecule has 0 unspecified atom stereocenters. The van der Waals surface area contributed by atoms with Crippen LogP contribution in [0.25, 0.3) is 0 Å². The number of benzene rings is 1. The SMILES string of the molecule is CC1(C)Oc2ccc(C#N)cc2[C@H](N2CCCC2=O)[C@@H]1OCOP(=O)(O)O. The zero-order valence-electron chi connectivity index (χ0n) is 15.0. The molecule has 2 N–H and O–H groups in total. The topological polar surface area (TPSA) is 129 Å². The van der Waals surface area contributed by atoms with Crippen LogP contribution >= 0.6 is 7.82 Å². The average molecular weight is 396 g/mol. The maximum absolute atomic E-state index is 12.4. The minimum absolute atomic E-state index is 0.0458. The van der Waals surface area contributed by atoms with E-state index >= 15 is 0 Å². The van der Waals surface area contributed by atoms with Gasteiger partial charge in [-0.3, -0.25) is 9.32 Å². The molecule has 1 aromatic carbocycles. The molecule has 2 aliphatic rings. The lowest BCUT2D eigenvalue weighted by Gasteiger charge is -2.47. The normalized spacial score (nSPS) is 24.3. The molecule has 1 amide bonds. The monoisotopic (exact) mass is 396 g/mol. The second kappa shape index (κ2) is 7.23. The third-order valence-corrected chi connectivity index (χ3v) is 5.16. The maximum atomic E-state index is 12.4. The molecule has 2 heterocycles. The summed E-state index contributed by atoms with van der Waals surface area (Å²) in [7, 11) is -4.70. The predicted octanol–water partition coefficient (Wildman–Crippen LogP) is 1.84. The van der Waals surface area contributed by atoms with Crippen molar-refractivity contribution in [2.75, 3.05) is 13.3 Å². The molecule has 1 fully saturated rings. The van der Waals surface area contributed by atoms with Crippen LogP contribution in [-0.4, -0.2) is 45.6 Å². The standard InChI is InChI=1S/C17H21N2O7P/c1-17(2)16(24-10-25-27(21,22)23)15(19-7-3-4-14(19)20)12-8-11(9-18)5-6-13(12)26-17/h5-6,8,15-16H,3-4,7,10H2,1-2H3,(H2,21,22,23)/t15-,16-/m0/s1. The number of ether oxygens (including phenoxy) is 2. The summed E-state index contributed by atoms with van der Waals surface area (Å²) in [6, 6.07) is 6.48. The van der Waals surface area contributed by atoms with Gasteiger partial charge in [-0.2, -0.15) is 5.26 Å². The van der Waals surface area contributed by atoms with Crippen molar-refractivity contribution >= 4 is 13.7 Å². The number of hydrogen-bond acceptors (Lipinski definition) is 6. The number of amides is 1. The van der Waals surface area contributed by atoms with Crippen LogP contribution in [0.4, 0.5) is 0 Å². The van der Waals surface area contributed by atoms with E-state index in [1.165, 1.54) is 0 Å². The number of hydrogen-bond donors (Lipinski definition) is 2. The summed E-state index contributed by atoms with van der Waals surface area (Å²) >= 11 is 0. The van der Waals surface area contributed by atoms with E-state index < -0.39 is 32.4 Å². The fourth-order valence-electron chi connectivity index (χ4n) is 3.59. The van der Waals surface area contributed by atoms with Crippen LogP contribution in [0.15, 0.2) is 18.2 Å². The molecule has 2 aliphatic heterocycles. The number of carbonyl (C=O) groups is 1. The van der Waals surface area contributed by atoms with E-state index in [9.17, 15) is 14.6 Å². The molecule has 0 spiro atoms. The fraction of sp³-hybridized carbons (Fsp3) is 0.529. The van der Waals surface area contributed by atoms with E-state index in [0.29, 0.717) is 36.3 Å². The highest BCUT2D eigenvalue weighted by molar-refractivity contribution is 7.46. The number of nitriles is 1. The number of phosphoric ester groups is 1. The zero-order valence-corrected chi connectivity index (χ0v) is 15.9. The Hall–Kier alpha value is -1.95. The van der Waals surface area contributed by atoms with Gasteiger partial charge in [0.1, 0.15) is 17.5 Å². The van der Waals surface area contributed by atoms with E-state index in [1.807, 2.05) is 0 Å². The highest BCUT2D eigenvalue weighted by Gasteiger charge is 2.49. The third kappa shape index (κ3) is 4.15. The lowest BCUT2D eigenvalue weighted by Crippen LogP contribution is -2.55. The molecule has 0 saturated carbocycles. The quantitative estimate of drug-likeness (QED) is 0.570. The van der Waals surface area contributed by atoms with Crippen molar-refractivity contribution in [3.05, 3.63) is 29.3 Å². The van der Waals surface area contributed by atoms with Gasteiger partial charge in [0.15, 0.2) is 6.79 Å². The van der Waals surface area contributed by atoms with Gasteiger partial charge in [0.2, 0.25) is 5.91 Å². The third-order valence-electron chi connectivity index (χ3n) is 4.72. The fourth-order valence-corrected chi connectivity index (χ4v) is 3.78. The van der Waals surface area contributed by atoms with Gasteiger partial charge in [0.05, 0.1) is 17.7 Å². The van der Waals surface area contributed by atoms with Crippen molar-refractivity contribution in [3.8, 4) is 11.8 Å². The summed E-state index contributed by atoms with van der Waals surface area (Å²) in [5.74, 6) is 0.495. The molecule has 0 radical (unpaired) electrons. The maximum Gasteiger partial charge on any atom is 0.471 e. The molecular weight excluding hydrogens is 375 g/mol. The van der Waals surface area contributed by atoms with E-state index in [1.54, 1.807) is 36.9 Å². The van der Waals surface area contributed by atoms with Crippen LogP contribution in [0.1, 0.15) is 43.9 Å². The van der Waals surface area contributed by atoms with Crippen molar-refractivity contribution in [3.63, 3.8) is 0 Å². The van der Waals surface area contributed by atoms with Crippen molar-refractivity contribution in [2.45, 2.75) is 44.4 Å². The Bertz CT molecular complexity index is 829. The van der Waals surface area contributed by atoms with Gasteiger partial charge in [0, 0.05) is 18.5 Å². The van der Waals surface area contributed by atoms with Gasteiger partial charge in [-0.25, -0.2) is 4.57 Å². The molecule has 2 atom stereocenters. The van der Waals surface area contributed by atoms with Gasteiger partial charge in [-0.1, -0.05) is 0 Å². The van der Waals surface area contributed by atoms with Gasteiger partial charge >= 0.3 is 7.82 Å². The molecule has 9 nitrogen and oxygen atoms in total. The largest absolute Gasteiger partial charge is 0.485 e. The predicted molar refractivity (Wildman–Crippen MR) is 92.4 cm³/mol. The summed E-state index contributed by atoms with van der Waals surface area (Å²) in [6.45, 7) is 3.40. The Morgan fingerprint density at radius 1 is 1.44 bits per heavy atom. The van der Waals surface area contributed by atoms with E-state index in [2.05, 4.69) is 10.6 Å². The minimum Gasteiger partial charge on any atom is -0.485 e. The Morgan fingerprint density at radius 2 is 2.19 bits per heavy atom. The molecule has 3 rings (SSSR count). The van der Waals surface area contributed by atoms with Crippen molar-refractivity contribution in [1.29, 1.82) is 5.26 Å². The molecule has 1 saturated heterocycles. The molecule has 10 heteroatoms. The van der Waals surface area contributed by atoms with Crippen LogP contribution in [0, 0.1) is 11.3 Å². The van der Waals surface area contributed by atoms with Crippen LogP contribution in [0.3, 0.4) is 0 Å². The Morgan fingerprint density at radius 3 is 2.78 bits per heavy atom. The van der Waals surface area contributed by atoms with Gasteiger partial charge in [0.25, 0.3) is 0 Å². The summed E-state index contributed by atoms with van der Waals surface area (Å²) in [4.78, 5) is 31.9. The molecule has 146 valence electrons. The summed E-state index contributed by atoms with van der Waals surface area (Å²) in [5.41, 5.74) is 0.135. The molecule has 0 aliphatic carbocycles. The molecule has 0 bridgehead atoms.